The number of aromatic nitrogens is 3. The molecule has 1 aliphatic rings. The minimum absolute atomic E-state index is 0.931. The third-order valence-corrected chi connectivity index (χ3v) is 4.21. The smallest absolute Gasteiger partial charge is 0.158 e. The van der Waals surface area contributed by atoms with Gasteiger partial charge in [-0.1, -0.05) is 12.1 Å². The predicted octanol–water partition coefficient (Wildman–Crippen LogP) is 1.94. The average Bonchev–Trinajstić information content (AvgIpc) is 2.88. The molecule has 3 aromatic rings. The van der Waals surface area contributed by atoms with Crippen LogP contribution in [0.1, 0.15) is 5.69 Å². The van der Waals surface area contributed by atoms with Crippen molar-refractivity contribution < 1.29 is 0 Å². The molecule has 0 unspecified atom stereocenters. The van der Waals surface area contributed by atoms with E-state index in [1.165, 1.54) is 5.39 Å². The summed E-state index contributed by atoms with van der Waals surface area (Å²) in [6, 6.07) is 10.5. The summed E-state index contributed by atoms with van der Waals surface area (Å²) < 4.78 is 1.95. The molecule has 1 fully saturated rings. The van der Waals surface area contributed by atoms with Gasteiger partial charge in [0.2, 0.25) is 0 Å². The molecule has 5 heteroatoms. The monoisotopic (exact) mass is 281 g/mol. The van der Waals surface area contributed by atoms with Crippen molar-refractivity contribution in [3.05, 3.63) is 36.0 Å². The fraction of sp³-hybridized carbons (Fsp3) is 0.375. The van der Waals surface area contributed by atoms with Crippen molar-refractivity contribution in [3.8, 4) is 0 Å². The molecule has 4 rings (SSSR count). The number of hydrogen-bond donors (Lipinski definition) is 0. The van der Waals surface area contributed by atoms with Gasteiger partial charge < -0.3 is 9.80 Å². The molecule has 1 aliphatic heterocycles. The Morgan fingerprint density at radius 2 is 1.81 bits per heavy atom. The van der Waals surface area contributed by atoms with Crippen LogP contribution in [0, 0.1) is 6.92 Å². The van der Waals surface area contributed by atoms with Crippen molar-refractivity contribution in [1.82, 2.24) is 19.5 Å². The Morgan fingerprint density at radius 3 is 2.62 bits per heavy atom. The first kappa shape index (κ1) is 12.6. The van der Waals surface area contributed by atoms with Crippen LogP contribution in [-0.4, -0.2) is 52.7 Å². The van der Waals surface area contributed by atoms with E-state index < -0.39 is 0 Å². The lowest BCUT2D eigenvalue weighted by atomic mass is 10.2. The maximum atomic E-state index is 4.88. The third kappa shape index (κ3) is 2.05. The number of anilines is 1. The Kier molecular flexibility index (Phi) is 2.82. The number of rotatable bonds is 1. The Labute approximate surface area is 123 Å². The van der Waals surface area contributed by atoms with Crippen molar-refractivity contribution in [1.29, 1.82) is 0 Å². The minimum atomic E-state index is 0.931. The van der Waals surface area contributed by atoms with Gasteiger partial charge in [0.1, 0.15) is 5.82 Å². The summed E-state index contributed by atoms with van der Waals surface area (Å²) in [5.74, 6) is 1.09. The van der Waals surface area contributed by atoms with Crippen LogP contribution >= 0.6 is 0 Å². The lowest BCUT2D eigenvalue weighted by molar-refractivity contribution is 0.312. The number of hydrogen-bond acceptors (Lipinski definition) is 4. The van der Waals surface area contributed by atoms with Gasteiger partial charge in [0.15, 0.2) is 5.65 Å². The zero-order chi connectivity index (χ0) is 14.4. The largest absolute Gasteiger partial charge is 0.353 e. The first-order valence-electron chi connectivity index (χ1n) is 7.41. The summed E-state index contributed by atoms with van der Waals surface area (Å²) in [4.78, 5) is 9.64. The second-order valence-corrected chi connectivity index (χ2v) is 5.80. The molecule has 5 nitrogen and oxygen atoms in total. The molecule has 108 valence electrons. The molecule has 0 N–H and O–H groups in total. The first-order chi connectivity index (χ1) is 10.2. The van der Waals surface area contributed by atoms with Crippen molar-refractivity contribution in [2.45, 2.75) is 6.92 Å². The van der Waals surface area contributed by atoms with Crippen LogP contribution < -0.4 is 4.90 Å². The highest BCUT2D eigenvalue weighted by Crippen LogP contribution is 2.27. The molecule has 0 spiro atoms. The molecule has 1 aromatic carbocycles. The number of aryl methyl sites for hydroxylation is 1. The molecule has 2 aromatic heterocycles. The molecule has 0 bridgehead atoms. The number of likely N-dealkylation sites (N-methyl/N-ethyl adjacent to an activating group) is 1. The highest BCUT2D eigenvalue weighted by molar-refractivity contribution is 5.91. The van der Waals surface area contributed by atoms with E-state index >= 15 is 0 Å². The van der Waals surface area contributed by atoms with Gasteiger partial charge in [-0.15, -0.1) is 0 Å². The standard InChI is InChI=1S/C16H19N5/c1-12-11-15-17-16(20-9-7-19(2)8-10-20)13-5-3-4-6-14(13)21(15)18-12/h3-6,11H,7-10H2,1-2H3. The second-order valence-electron chi connectivity index (χ2n) is 5.80. The van der Waals surface area contributed by atoms with Gasteiger partial charge in [-0.25, -0.2) is 9.50 Å². The first-order valence-corrected chi connectivity index (χ1v) is 7.41. The highest BCUT2D eigenvalue weighted by Gasteiger charge is 2.19. The molecular formula is C16H19N5. The van der Waals surface area contributed by atoms with Gasteiger partial charge in [0.25, 0.3) is 0 Å². The Hall–Kier alpha value is -2.14. The van der Waals surface area contributed by atoms with Crippen LogP contribution in [-0.2, 0) is 0 Å². The summed E-state index contributed by atoms with van der Waals surface area (Å²) >= 11 is 0. The highest BCUT2D eigenvalue weighted by atomic mass is 15.3. The lowest BCUT2D eigenvalue weighted by Crippen LogP contribution is -2.45. The SMILES string of the molecule is Cc1cc2nc(N3CCN(C)CC3)c3ccccc3n2n1. The summed E-state index contributed by atoms with van der Waals surface area (Å²) in [6.07, 6.45) is 0. The van der Waals surface area contributed by atoms with Crippen LogP contribution in [0.4, 0.5) is 5.82 Å². The quantitative estimate of drug-likeness (QED) is 0.683. The zero-order valence-corrected chi connectivity index (χ0v) is 12.5. The number of nitrogens with zero attached hydrogens (tertiary/aromatic N) is 5. The second kappa shape index (κ2) is 4.70. The fourth-order valence-corrected chi connectivity index (χ4v) is 3.02. The molecule has 3 heterocycles. The van der Waals surface area contributed by atoms with E-state index in [2.05, 4.69) is 46.2 Å². The Morgan fingerprint density at radius 1 is 1.05 bits per heavy atom. The normalized spacial score (nSPS) is 17.0. The zero-order valence-electron chi connectivity index (χ0n) is 12.5. The average molecular weight is 281 g/mol. The van der Waals surface area contributed by atoms with Gasteiger partial charge in [-0.3, -0.25) is 0 Å². The molecule has 0 aliphatic carbocycles. The van der Waals surface area contributed by atoms with Gasteiger partial charge in [0.05, 0.1) is 11.2 Å². The number of para-hydroxylation sites is 1. The number of fused-ring (bicyclic) bond motifs is 3. The molecule has 1 saturated heterocycles. The Bertz CT molecular complexity index is 799. The fourth-order valence-electron chi connectivity index (χ4n) is 3.02. The van der Waals surface area contributed by atoms with Crippen LogP contribution in [0.15, 0.2) is 30.3 Å². The molecule has 21 heavy (non-hydrogen) atoms. The molecular weight excluding hydrogens is 262 g/mol. The third-order valence-electron chi connectivity index (χ3n) is 4.21. The van der Waals surface area contributed by atoms with Gasteiger partial charge in [-0.2, -0.15) is 5.10 Å². The number of piperazine rings is 1. The maximum Gasteiger partial charge on any atom is 0.158 e. The van der Waals surface area contributed by atoms with E-state index in [0.717, 1.165) is 48.9 Å². The van der Waals surface area contributed by atoms with Crippen LogP contribution in [0.3, 0.4) is 0 Å². The Balaban J connectivity index is 1.93. The van der Waals surface area contributed by atoms with Crippen molar-refractivity contribution in [2.24, 2.45) is 0 Å². The van der Waals surface area contributed by atoms with E-state index in [-0.39, 0.29) is 0 Å². The summed E-state index contributed by atoms with van der Waals surface area (Å²) in [6.45, 7) is 6.23. The van der Waals surface area contributed by atoms with E-state index in [1.807, 2.05) is 17.5 Å². The van der Waals surface area contributed by atoms with E-state index in [1.54, 1.807) is 0 Å². The predicted molar refractivity (Wildman–Crippen MR) is 84.9 cm³/mol. The van der Waals surface area contributed by atoms with Crippen molar-refractivity contribution in [2.75, 3.05) is 38.1 Å². The summed E-state index contributed by atoms with van der Waals surface area (Å²) in [5.41, 5.74) is 3.06. The summed E-state index contributed by atoms with van der Waals surface area (Å²) in [5, 5.41) is 5.75. The van der Waals surface area contributed by atoms with Crippen LogP contribution in [0.5, 0.6) is 0 Å². The number of benzene rings is 1. The lowest BCUT2D eigenvalue weighted by Gasteiger charge is -2.33. The van der Waals surface area contributed by atoms with E-state index in [4.69, 9.17) is 4.98 Å². The van der Waals surface area contributed by atoms with Gasteiger partial charge in [0, 0.05) is 37.6 Å². The molecule has 0 saturated carbocycles. The minimum Gasteiger partial charge on any atom is -0.353 e. The maximum absolute atomic E-state index is 4.88. The van der Waals surface area contributed by atoms with Gasteiger partial charge >= 0.3 is 0 Å². The topological polar surface area (TPSA) is 36.7 Å². The van der Waals surface area contributed by atoms with Crippen molar-refractivity contribution >= 4 is 22.4 Å². The van der Waals surface area contributed by atoms with Gasteiger partial charge in [-0.05, 0) is 26.1 Å². The van der Waals surface area contributed by atoms with Crippen LogP contribution in [0.2, 0.25) is 0 Å². The molecule has 0 atom stereocenters. The molecule has 0 amide bonds. The van der Waals surface area contributed by atoms with Crippen LogP contribution in [0.25, 0.3) is 16.6 Å². The van der Waals surface area contributed by atoms with Crippen molar-refractivity contribution in [3.63, 3.8) is 0 Å². The summed E-state index contributed by atoms with van der Waals surface area (Å²) in [7, 11) is 2.17. The van der Waals surface area contributed by atoms with E-state index in [0.29, 0.717) is 0 Å². The molecule has 0 radical (unpaired) electrons. The van der Waals surface area contributed by atoms with E-state index in [9.17, 15) is 0 Å².